The zero-order valence-electron chi connectivity index (χ0n) is 19.6. The van der Waals surface area contributed by atoms with Crippen molar-refractivity contribution in [1.29, 1.82) is 0 Å². The number of hydrogen-bond donors (Lipinski definition) is 0. The Balaban J connectivity index is 1.18. The Bertz CT molecular complexity index is 1300. The van der Waals surface area contributed by atoms with Gasteiger partial charge < -0.3 is 14.3 Å². The van der Waals surface area contributed by atoms with E-state index in [1.807, 2.05) is 12.1 Å². The second kappa shape index (κ2) is 9.38. The lowest BCUT2D eigenvalue weighted by molar-refractivity contribution is -0.137. The molecular formula is C25H24F3N5O3. The fourth-order valence-corrected chi connectivity index (χ4v) is 4.62. The average Bonchev–Trinajstić information content (AvgIpc) is 3.50. The van der Waals surface area contributed by atoms with Crippen LogP contribution in [0.4, 0.5) is 18.9 Å². The van der Waals surface area contributed by atoms with Gasteiger partial charge in [0.15, 0.2) is 0 Å². The normalized spacial score (nSPS) is 16.3. The molecular weight excluding hydrogens is 475 g/mol. The number of halogens is 3. The first-order valence-electron chi connectivity index (χ1n) is 11.6. The lowest BCUT2D eigenvalue weighted by atomic mass is 10.1. The first-order valence-corrected chi connectivity index (χ1v) is 11.6. The highest BCUT2D eigenvalue weighted by Gasteiger charge is 2.31. The molecule has 5 rings (SSSR count). The topological polar surface area (TPSA) is 82.8 Å². The largest absolute Gasteiger partial charge is 0.416 e. The van der Waals surface area contributed by atoms with E-state index < -0.39 is 11.7 Å². The Morgan fingerprint density at radius 2 is 1.81 bits per heavy atom. The van der Waals surface area contributed by atoms with Crippen LogP contribution in [0, 0.1) is 0 Å². The molecule has 36 heavy (non-hydrogen) atoms. The van der Waals surface area contributed by atoms with E-state index in [2.05, 4.69) is 15.0 Å². The van der Waals surface area contributed by atoms with E-state index in [-0.39, 0.29) is 23.2 Å². The van der Waals surface area contributed by atoms with Crippen LogP contribution in [0.2, 0.25) is 0 Å². The van der Waals surface area contributed by atoms with Crippen LogP contribution >= 0.6 is 0 Å². The van der Waals surface area contributed by atoms with E-state index in [9.17, 15) is 22.8 Å². The molecule has 0 N–H and O–H groups in total. The summed E-state index contributed by atoms with van der Waals surface area (Å²) in [6.07, 6.45) is -3.72. The molecule has 0 atom stereocenters. The van der Waals surface area contributed by atoms with Gasteiger partial charge >= 0.3 is 6.18 Å². The van der Waals surface area contributed by atoms with Crippen molar-refractivity contribution < 1.29 is 27.3 Å². The first kappa shape index (κ1) is 24.0. The number of hydrogen-bond acceptors (Lipinski definition) is 6. The molecule has 0 unspecified atom stereocenters. The SMILES string of the molecule is CC(=O)N1CCc2cc(C(=O)N3CCN(Cc4nc(-c5cccc(C(F)(F)F)c5)no4)CC3)ccc21. The van der Waals surface area contributed by atoms with E-state index in [0.717, 1.165) is 29.8 Å². The fourth-order valence-electron chi connectivity index (χ4n) is 4.62. The number of alkyl halides is 3. The lowest BCUT2D eigenvalue weighted by Gasteiger charge is -2.34. The Labute approximate surface area is 205 Å². The van der Waals surface area contributed by atoms with Crippen molar-refractivity contribution in [1.82, 2.24) is 19.9 Å². The van der Waals surface area contributed by atoms with Gasteiger partial charge in [0.25, 0.3) is 5.91 Å². The number of carbonyl (C=O) groups is 2. The molecule has 0 radical (unpaired) electrons. The molecule has 0 bridgehead atoms. The maximum absolute atomic E-state index is 13.0. The smallest absolute Gasteiger partial charge is 0.338 e. The Morgan fingerprint density at radius 1 is 1.03 bits per heavy atom. The number of aromatic nitrogens is 2. The Hall–Kier alpha value is -3.73. The molecule has 1 fully saturated rings. The van der Waals surface area contributed by atoms with Crippen molar-refractivity contribution in [2.75, 3.05) is 37.6 Å². The van der Waals surface area contributed by atoms with Gasteiger partial charge in [-0.05, 0) is 42.3 Å². The lowest BCUT2D eigenvalue weighted by Crippen LogP contribution is -2.48. The van der Waals surface area contributed by atoms with E-state index in [1.165, 1.54) is 19.1 Å². The van der Waals surface area contributed by atoms with Crippen LogP contribution in [0.5, 0.6) is 0 Å². The van der Waals surface area contributed by atoms with Crippen molar-refractivity contribution in [3.05, 3.63) is 65.0 Å². The second-order valence-electron chi connectivity index (χ2n) is 8.92. The number of carbonyl (C=O) groups excluding carboxylic acids is 2. The first-order chi connectivity index (χ1) is 17.2. The number of amides is 2. The van der Waals surface area contributed by atoms with E-state index >= 15 is 0 Å². The zero-order valence-corrected chi connectivity index (χ0v) is 19.6. The number of piperazine rings is 1. The van der Waals surface area contributed by atoms with Gasteiger partial charge in [0.1, 0.15) is 0 Å². The Kier molecular flexibility index (Phi) is 6.25. The number of benzene rings is 2. The summed E-state index contributed by atoms with van der Waals surface area (Å²) in [5.74, 6) is 0.344. The fraction of sp³-hybridized carbons (Fsp3) is 0.360. The summed E-state index contributed by atoms with van der Waals surface area (Å²) in [5.41, 5.74) is 1.94. The molecule has 0 saturated carbocycles. The second-order valence-corrected chi connectivity index (χ2v) is 8.92. The predicted octanol–water partition coefficient (Wildman–Crippen LogP) is 3.62. The summed E-state index contributed by atoms with van der Waals surface area (Å²) >= 11 is 0. The summed E-state index contributed by atoms with van der Waals surface area (Å²) in [7, 11) is 0. The maximum Gasteiger partial charge on any atom is 0.416 e. The third-order valence-corrected chi connectivity index (χ3v) is 6.54. The molecule has 1 saturated heterocycles. The predicted molar refractivity (Wildman–Crippen MR) is 124 cm³/mol. The standard InChI is InChI=1S/C25H24F3N5O3/c1-16(34)33-8-7-17-13-19(5-6-21(17)33)24(35)32-11-9-31(10-12-32)15-22-29-23(30-36-22)18-3-2-4-20(14-18)25(26,27)28/h2-6,13-14H,7-12,15H2,1H3. The summed E-state index contributed by atoms with van der Waals surface area (Å²) in [5, 5.41) is 3.83. The van der Waals surface area contributed by atoms with Crippen molar-refractivity contribution in [3.63, 3.8) is 0 Å². The average molecular weight is 499 g/mol. The van der Waals surface area contributed by atoms with E-state index in [1.54, 1.807) is 15.9 Å². The van der Waals surface area contributed by atoms with Crippen LogP contribution in [-0.2, 0) is 23.9 Å². The van der Waals surface area contributed by atoms with Crippen LogP contribution in [-0.4, -0.2) is 64.5 Å². The highest BCUT2D eigenvalue weighted by Crippen LogP contribution is 2.32. The minimum Gasteiger partial charge on any atom is -0.338 e. The summed E-state index contributed by atoms with van der Waals surface area (Å²) in [6, 6.07) is 10.3. The van der Waals surface area contributed by atoms with Gasteiger partial charge in [-0.15, -0.1) is 0 Å². The molecule has 2 amide bonds. The summed E-state index contributed by atoms with van der Waals surface area (Å²) < 4.78 is 44.2. The van der Waals surface area contributed by atoms with Crippen LogP contribution in [0.3, 0.4) is 0 Å². The number of anilines is 1. The molecule has 188 valence electrons. The molecule has 2 aromatic carbocycles. The summed E-state index contributed by atoms with van der Waals surface area (Å²) in [4.78, 5) is 34.6. The number of fused-ring (bicyclic) bond motifs is 1. The zero-order chi connectivity index (χ0) is 25.4. The summed E-state index contributed by atoms with van der Waals surface area (Å²) in [6.45, 7) is 4.73. The Morgan fingerprint density at radius 3 is 2.53 bits per heavy atom. The van der Waals surface area contributed by atoms with Crippen molar-refractivity contribution in [3.8, 4) is 11.4 Å². The number of nitrogens with zero attached hydrogens (tertiary/aromatic N) is 5. The van der Waals surface area contributed by atoms with E-state index in [4.69, 9.17) is 4.52 Å². The maximum atomic E-state index is 13.0. The van der Waals surface area contributed by atoms with Gasteiger partial charge in [0.05, 0.1) is 12.1 Å². The van der Waals surface area contributed by atoms with E-state index in [0.29, 0.717) is 50.7 Å². The highest BCUT2D eigenvalue weighted by atomic mass is 19.4. The minimum absolute atomic E-state index is 0.00728. The van der Waals surface area contributed by atoms with Gasteiger partial charge in [-0.25, -0.2) is 0 Å². The van der Waals surface area contributed by atoms with Crippen LogP contribution < -0.4 is 4.90 Å². The molecule has 2 aliphatic rings. The molecule has 8 nitrogen and oxygen atoms in total. The quantitative estimate of drug-likeness (QED) is 0.546. The molecule has 2 aliphatic heterocycles. The molecule has 1 aromatic heterocycles. The van der Waals surface area contributed by atoms with Crippen LogP contribution in [0.25, 0.3) is 11.4 Å². The van der Waals surface area contributed by atoms with Crippen molar-refractivity contribution >= 4 is 17.5 Å². The molecule has 3 heterocycles. The van der Waals surface area contributed by atoms with Gasteiger partial charge in [0, 0.05) is 56.5 Å². The van der Waals surface area contributed by atoms with Crippen molar-refractivity contribution in [2.45, 2.75) is 26.1 Å². The molecule has 11 heteroatoms. The van der Waals surface area contributed by atoms with Crippen molar-refractivity contribution in [2.24, 2.45) is 0 Å². The van der Waals surface area contributed by atoms with Gasteiger partial charge in [0.2, 0.25) is 17.6 Å². The van der Waals surface area contributed by atoms with Crippen LogP contribution in [0.1, 0.15) is 34.3 Å². The molecule has 3 aromatic rings. The molecule has 0 aliphatic carbocycles. The monoisotopic (exact) mass is 499 g/mol. The van der Waals surface area contributed by atoms with Gasteiger partial charge in [-0.3, -0.25) is 14.5 Å². The third-order valence-electron chi connectivity index (χ3n) is 6.54. The van der Waals surface area contributed by atoms with Gasteiger partial charge in [-0.2, -0.15) is 18.2 Å². The molecule has 0 spiro atoms. The highest BCUT2D eigenvalue weighted by molar-refractivity contribution is 5.98. The number of rotatable bonds is 4. The van der Waals surface area contributed by atoms with Crippen LogP contribution in [0.15, 0.2) is 47.0 Å². The third kappa shape index (κ3) is 4.83. The minimum atomic E-state index is -4.45. The van der Waals surface area contributed by atoms with Gasteiger partial charge in [-0.1, -0.05) is 17.3 Å².